The van der Waals surface area contributed by atoms with E-state index in [9.17, 15) is 18.0 Å². The third-order valence-electron chi connectivity index (χ3n) is 6.64. The number of carbonyl (C=O) groups excluding carboxylic acids is 1. The molecule has 3 aromatic carbocycles. The fourth-order valence-corrected chi connectivity index (χ4v) is 4.82. The Kier molecular flexibility index (Phi) is 9.10. The summed E-state index contributed by atoms with van der Waals surface area (Å²) in [6.07, 6.45) is -4.53. The van der Waals surface area contributed by atoms with Crippen LogP contribution in [-0.4, -0.2) is 13.0 Å². The van der Waals surface area contributed by atoms with Crippen LogP contribution >= 0.6 is 0 Å². The minimum Gasteiger partial charge on any atom is -0.496 e. The van der Waals surface area contributed by atoms with E-state index < -0.39 is 29.5 Å². The van der Waals surface area contributed by atoms with E-state index in [4.69, 9.17) is 4.74 Å². The van der Waals surface area contributed by atoms with Crippen molar-refractivity contribution in [2.24, 2.45) is 5.92 Å². The maximum Gasteiger partial charge on any atom is 0.416 e. The standard InChI is InChI=1S/C31H34F4N2O2/c1-17(2)28(30(38)37-23-13-9-12-22(14-23)31(33,34)35)21(6)36-20(5)24-15-25(27(39-7)16-26(24)32)29-18(3)10-8-11-19(29)4/h8-17,20,36H,1-7H3,(H,37,38)/b28-21+. The third-order valence-corrected chi connectivity index (χ3v) is 6.64. The van der Waals surface area contributed by atoms with E-state index in [1.807, 2.05) is 45.9 Å². The largest absolute Gasteiger partial charge is 0.496 e. The van der Waals surface area contributed by atoms with Crippen LogP contribution in [0.15, 0.2) is 65.9 Å². The quantitative estimate of drug-likeness (QED) is 0.222. The molecule has 3 rings (SSSR count). The van der Waals surface area contributed by atoms with E-state index in [1.165, 1.54) is 25.3 Å². The second kappa shape index (κ2) is 11.9. The highest BCUT2D eigenvalue weighted by molar-refractivity contribution is 6.04. The van der Waals surface area contributed by atoms with Gasteiger partial charge in [0.1, 0.15) is 11.6 Å². The maximum absolute atomic E-state index is 15.3. The lowest BCUT2D eigenvalue weighted by atomic mass is 9.92. The van der Waals surface area contributed by atoms with Crippen LogP contribution in [0, 0.1) is 25.6 Å². The van der Waals surface area contributed by atoms with Crippen LogP contribution in [0.4, 0.5) is 23.2 Å². The summed E-state index contributed by atoms with van der Waals surface area (Å²) < 4.78 is 60.1. The summed E-state index contributed by atoms with van der Waals surface area (Å²) in [6, 6.07) is 13.0. The Balaban J connectivity index is 1.96. The van der Waals surface area contributed by atoms with Gasteiger partial charge in [-0.25, -0.2) is 4.39 Å². The topological polar surface area (TPSA) is 50.4 Å². The number of rotatable bonds is 8. The highest BCUT2D eigenvalue weighted by atomic mass is 19.4. The van der Waals surface area contributed by atoms with Crippen LogP contribution in [0.2, 0.25) is 0 Å². The molecule has 39 heavy (non-hydrogen) atoms. The van der Waals surface area contributed by atoms with Crippen LogP contribution in [0.3, 0.4) is 0 Å². The molecule has 0 aliphatic rings. The molecule has 0 radical (unpaired) electrons. The Morgan fingerprint density at radius 3 is 2.13 bits per heavy atom. The summed E-state index contributed by atoms with van der Waals surface area (Å²) in [5.74, 6) is -0.847. The SMILES string of the molecule is COc1cc(F)c(C(C)N/C(C)=C(/C(=O)Nc2cccc(C(F)(F)F)c2)C(C)C)cc1-c1c(C)cccc1C. The van der Waals surface area contributed by atoms with Gasteiger partial charge in [0, 0.05) is 34.2 Å². The van der Waals surface area contributed by atoms with Gasteiger partial charge in [0.25, 0.3) is 5.91 Å². The summed E-state index contributed by atoms with van der Waals surface area (Å²) >= 11 is 0. The van der Waals surface area contributed by atoms with Gasteiger partial charge in [-0.2, -0.15) is 13.2 Å². The zero-order valence-corrected chi connectivity index (χ0v) is 23.2. The molecule has 1 amide bonds. The van der Waals surface area contributed by atoms with E-state index in [0.717, 1.165) is 34.4 Å². The minimum absolute atomic E-state index is 0.0354. The molecule has 0 saturated heterocycles. The van der Waals surface area contributed by atoms with E-state index in [0.29, 0.717) is 22.6 Å². The Morgan fingerprint density at radius 1 is 0.949 bits per heavy atom. The molecule has 4 nitrogen and oxygen atoms in total. The molecule has 1 unspecified atom stereocenters. The zero-order valence-electron chi connectivity index (χ0n) is 23.2. The first kappa shape index (κ1) is 29.7. The third kappa shape index (κ3) is 6.80. The number of nitrogens with one attached hydrogen (secondary N) is 2. The van der Waals surface area contributed by atoms with Crippen molar-refractivity contribution < 1.29 is 27.1 Å². The van der Waals surface area contributed by atoms with Crippen molar-refractivity contribution in [1.29, 1.82) is 0 Å². The summed E-state index contributed by atoms with van der Waals surface area (Å²) in [7, 11) is 1.50. The molecule has 8 heteroatoms. The smallest absolute Gasteiger partial charge is 0.416 e. The fourth-order valence-electron chi connectivity index (χ4n) is 4.82. The van der Waals surface area contributed by atoms with Gasteiger partial charge in [-0.1, -0.05) is 38.1 Å². The van der Waals surface area contributed by atoms with Crippen LogP contribution in [-0.2, 0) is 11.0 Å². The number of ether oxygens (including phenoxy) is 1. The summed E-state index contributed by atoms with van der Waals surface area (Å²) in [5.41, 5.74) is 4.17. The number of benzene rings is 3. The summed E-state index contributed by atoms with van der Waals surface area (Å²) in [6.45, 7) is 11.1. The van der Waals surface area contributed by atoms with Crippen molar-refractivity contribution in [3.05, 3.63) is 93.9 Å². The lowest BCUT2D eigenvalue weighted by Gasteiger charge is -2.23. The van der Waals surface area contributed by atoms with Crippen molar-refractivity contribution in [1.82, 2.24) is 5.32 Å². The average molecular weight is 543 g/mol. The normalized spacial score (nSPS) is 13.1. The lowest BCUT2D eigenvalue weighted by molar-refractivity contribution is -0.137. The molecule has 0 fully saturated rings. The number of hydrogen-bond donors (Lipinski definition) is 2. The van der Waals surface area contributed by atoms with Gasteiger partial charge in [0.05, 0.1) is 18.7 Å². The first-order chi connectivity index (χ1) is 18.2. The van der Waals surface area contributed by atoms with Crippen molar-refractivity contribution in [2.45, 2.75) is 53.8 Å². The molecule has 0 bridgehead atoms. The monoisotopic (exact) mass is 542 g/mol. The number of methoxy groups -OCH3 is 1. The maximum atomic E-state index is 15.3. The Morgan fingerprint density at radius 2 is 1.56 bits per heavy atom. The van der Waals surface area contributed by atoms with Gasteiger partial charge in [0.15, 0.2) is 0 Å². The minimum atomic E-state index is -4.53. The second-order valence-electron chi connectivity index (χ2n) is 9.93. The average Bonchev–Trinajstić information content (AvgIpc) is 2.83. The van der Waals surface area contributed by atoms with E-state index in [2.05, 4.69) is 10.6 Å². The van der Waals surface area contributed by atoms with Crippen molar-refractivity contribution in [2.75, 3.05) is 12.4 Å². The van der Waals surface area contributed by atoms with Crippen molar-refractivity contribution in [3.63, 3.8) is 0 Å². The van der Waals surface area contributed by atoms with Gasteiger partial charge in [-0.3, -0.25) is 4.79 Å². The van der Waals surface area contributed by atoms with Crippen LogP contribution in [0.25, 0.3) is 11.1 Å². The molecule has 3 aromatic rings. The van der Waals surface area contributed by atoms with Crippen molar-refractivity contribution in [3.8, 4) is 16.9 Å². The van der Waals surface area contributed by atoms with Crippen molar-refractivity contribution >= 4 is 11.6 Å². The molecule has 208 valence electrons. The number of allylic oxidation sites excluding steroid dienone is 1. The number of halogens is 4. The van der Waals surface area contributed by atoms with E-state index in [-0.39, 0.29) is 11.6 Å². The van der Waals surface area contributed by atoms with Gasteiger partial charge >= 0.3 is 6.18 Å². The fraction of sp³-hybridized carbons (Fsp3) is 0.323. The number of amides is 1. The molecule has 0 aliphatic carbocycles. The number of anilines is 1. The summed E-state index contributed by atoms with van der Waals surface area (Å²) in [4.78, 5) is 13.2. The van der Waals surface area contributed by atoms with E-state index >= 15 is 4.39 Å². The first-order valence-corrected chi connectivity index (χ1v) is 12.6. The zero-order chi connectivity index (χ0) is 29.1. The molecule has 0 aliphatic heterocycles. The molecular formula is C31H34F4N2O2. The Hall–Kier alpha value is -3.81. The highest BCUT2D eigenvalue weighted by Gasteiger charge is 2.30. The van der Waals surface area contributed by atoms with Gasteiger partial charge < -0.3 is 15.4 Å². The van der Waals surface area contributed by atoms with Crippen LogP contribution in [0.1, 0.15) is 56.0 Å². The lowest BCUT2D eigenvalue weighted by Crippen LogP contribution is -2.26. The van der Waals surface area contributed by atoms with E-state index in [1.54, 1.807) is 19.9 Å². The first-order valence-electron chi connectivity index (χ1n) is 12.6. The predicted molar refractivity (Wildman–Crippen MR) is 147 cm³/mol. The molecule has 1 atom stereocenters. The van der Waals surface area contributed by atoms with Gasteiger partial charge in [0.2, 0.25) is 0 Å². The van der Waals surface area contributed by atoms with Gasteiger partial charge in [-0.05, 0) is 74.6 Å². The number of carbonyl (C=O) groups is 1. The molecular weight excluding hydrogens is 508 g/mol. The van der Waals surface area contributed by atoms with Crippen LogP contribution < -0.4 is 15.4 Å². The van der Waals surface area contributed by atoms with Gasteiger partial charge in [-0.15, -0.1) is 0 Å². The molecule has 0 heterocycles. The molecule has 0 spiro atoms. The molecule has 2 N–H and O–H groups in total. The molecule has 0 aromatic heterocycles. The highest BCUT2D eigenvalue weighted by Crippen LogP contribution is 2.38. The predicted octanol–water partition coefficient (Wildman–Crippen LogP) is 8.36. The number of alkyl halides is 3. The number of aryl methyl sites for hydroxylation is 2. The summed E-state index contributed by atoms with van der Waals surface area (Å²) in [5, 5.41) is 5.80. The number of hydrogen-bond acceptors (Lipinski definition) is 3. The Labute approximate surface area is 227 Å². The second-order valence-corrected chi connectivity index (χ2v) is 9.93. The molecule has 0 saturated carbocycles. The Bertz CT molecular complexity index is 1370. The van der Waals surface area contributed by atoms with Crippen LogP contribution in [0.5, 0.6) is 5.75 Å².